The Morgan fingerprint density at radius 2 is 2.04 bits per heavy atom. The highest BCUT2D eigenvalue weighted by molar-refractivity contribution is 5.79. The normalized spacial score (nSPS) is 19.6. The molecule has 2 N–H and O–H groups in total. The van der Waals surface area contributed by atoms with E-state index in [0.29, 0.717) is 18.1 Å². The molecule has 2 aliphatic carbocycles. The van der Waals surface area contributed by atoms with Crippen LogP contribution in [0.1, 0.15) is 56.9 Å². The topological polar surface area (TPSA) is 67.8 Å². The minimum atomic E-state index is 0.349. The molecule has 0 saturated heterocycles. The third-order valence-electron chi connectivity index (χ3n) is 5.95. The Bertz CT molecular complexity index is 593. The zero-order valence-corrected chi connectivity index (χ0v) is 16.8. The summed E-state index contributed by atoms with van der Waals surface area (Å²) in [6.07, 6.45) is 12.0. The van der Waals surface area contributed by atoms with Gasteiger partial charge in [0.1, 0.15) is 6.10 Å². The van der Waals surface area contributed by atoms with E-state index in [2.05, 4.69) is 26.7 Å². The molecule has 3 rings (SSSR count). The van der Waals surface area contributed by atoms with Gasteiger partial charge >= 0.3 is 0 Å². The SMILES string of the molecule is CN=C(NCc1ccc(OC2CCCC2)nc1)NCC1(CCOC)CCC1. The first-order chi connectivity index (χ1) is 13.2. The van der Waals surface area contributed by atoms with Crippen LogP contribution in [0.4, 0.5) is 0 Å². The van der Waals surface area contributed by atoms with Gasteiger partial charge in [-0.15, -0.1) is 0 Å². The largest absolute Gasteiger partial charge is 0.474 e. The summed E-state index contributed by atoms with van der Waals surface area (Å²) in [5.41, 5.74) is 1.49. The third-order valence-corrected chi connectivity index (χ3v) is 5.95. The number of pyridine rings is 1. The fraction of sp³-hybridized carbons (Fsp3) is 0.714. The minimum absolute atomic E-state index is 0.349. The quantitative estimate of drug-likeness (QED) is 0.513. The van der Waals surface area contributed by atoms with E-state index >= 15 is 0 Å². The first-order valence-corrected chi connectivity index (χ1v) is 10.3. The van der Waals surface area contributed by atoms with Crippen molar-refractivity contribution in [2.24, 2.45) is 10.4 Å². The number of hydrogen-bond acceptors (Lipinski definition) is 4. The summed E-state index contributed by atoms with van der Waals surface area (Å²) in [6.45, 7) is 2.47. The Kier molecular flexibility index (Phi) is 7.33. The van der Waals surface area contributed by atoms with Crippen LogP contribution in [0.15, 0.2) is 23.3 Å². The third kappa shape index (κ3) is 5.83. The molecule has 0 aliphatic heterocycles. The Morgan fingerprint density at radius 1 is 1.22 bits per heavy atom. The highest BCUT2D eigenvalue weighted by Gasteiger charge is 2.36. The summed E-state index contributed by atoms with van der Waals surface area (Å²) in [7, 11) is 3.59. The number of aromatic nitrogens is 1. The zero-order chi connectivity index (χ0) is 19.0. The van der Waals surface area contributed by atoms with Gasteiger partial charge in [0.25, 0.3) is 0 Å². The molecule has 6 nitrogen and oxygen atoms in total. The predicted octanol–water partition coefficient (Wildman–Crippen LogP) is 3.27. The van der Waals surface area contributed by atoms with Crippen molar-refractivity contribution in [3.05, 3.63) is 23.9 Å². The van der Waals surface area contributed by atoms with E-state index in [1.165, 1.54) is 32.1 Å². The lowest BCUT2D eigenvalue weighted by Crippen LogP contribution is -2.46. The van der Waals surface area contributed by atoms with Gasteiger partial charge in [-0.3, -0.25) is 4.99 Å². The molecule has 0 unspecified atom stereocenters. The summed E-state index contributed by atoms with van der Waals surface area (Å²) >= 11 is 0. The maximum Gasteiger partial charge on any atom is 0.213 e. The van der Waals surface area contributed by atoms with Gasteiger partial charge in [0.05, 0.1) is 0 Å². The molecule has 2 saturated carbocycles. The lowest BCUT2D eigenvalue weighted by Gasteiger charge is -2.42. The fourth-order valence-corrected chi connectivity index (χ4v) is 3.95. The van der Waals surface area contributed by atoms with Gasteiger partial charge in [0, 0.05) is 46.1 Å². The maximum absolute atomic E-state index is 5.93. The Labute approximate surface area is 163 Å². The van der Waals surface area contributed by atoms with E-state index < -0.39 is 0 Å². The van der Waals surface area contributed by atoms with E-state index in [-0.39, 0.29) is 0 Å². The van der Waals surface area contributed by atoms with Crippen LogP contribution in [0.3, 0.4) is 0 Å². The molecule has 2 fully saturated rings. The molecule has 1 aromatic heterocycles. The second-order valence-electron chi connectivity index (χ2n) is 7.90. The van der Waals surface area contributed by atoms with Crippen molar-refractivity contribution in [1.29, 1.82) is 0 Å². The molecule has 6 heteroatoms. The predicted molar refractivity (Wildman–Crippen MR) is 108 cm³/mol. The fourth-order valence-electron chi connectivity index (χ4n) is 3.95. The minimum Gasteiger partial charge on any atom is -0.474 e. The van der Waals surface area contributed by atoms with E-state index in [1.807, 2.05) is 19.3 Å². The summed E-state index contributed by atoms with van der Waals surface area (Å²) in [4.78, 5) is 8.80. The maximum atomic E-state index is 5.93. The number of hydrogen-bond donors (Lipinski definition) is 2. The van der Waals surface area contributed by atoms with Crippen LogP contribution < -0.4 is 15.4 Å². The molecule has 2 aliphatic rings. The number of ether oxygens (including phenoxy) is 2. The monoisotopic (exact) mass is 374 g/mol. The summed E-state index contributed by atoms with van der Waals surface area (Å²) < 4.78 is 11.2. The van der Waals surface area contributed by atoms with E-state index in [9.17, 15) is 0 Å². The first-order valence-electron chi connectivity index (χ1n) is 10.3. The van der Waals surface area contributed by atoms with Crippen LogP contribution in [0.5, 0.6) is 5.88 Å². The van der Waals surface area contributed by atoms with Crippen molar-refractivity contribution in [1.82, 2.24) is 15.6 Å². The lowest BCUT2D eigenvalue weighted by atomic mass is 9.67. The van der Waals surface area contributed by atoms with Crippen molar-refractivity contribution in [3.8, 4) is 5.88 Å². The Balaban J connectivity index is 1.42. The van der Waals surface area contributed by atoms with Crippen molar-refractivity contribution >= 4 is 5.96 Å². The molecule has 0 amide bonds. The van der Waals surface area contributed by atoms with Gasteiger partial charge in [0.2, 0.25) is 5.88 Å². The molecule has 27 heavy (non-hydrogen) atoms. The zero-order valence-electron chi connectivity index (χ0n) is 16.8. The Hall–Kier alpha value is -1.82. The molecule has 150 valence electrons. The van der Waals surface area contributed by atoms with Crippen LogP contribution in [-0.2, 0) is 11.3 Å². The molecule has 0 aromatic carbocycles. The standard InChI is InChI=1S/C21H34N4O2/c1-22-20(25-16-21(10-5-11-21)12-13-26-2)24-15-17-8-9-19(23-14-17)27-18-6-3-4-7-18/h8-9,14,18H,3-7,10-13,15-16H2,1-2H3,(H2,22,24,25). The van der Waals surface area contributed by atoms with Crippen molar-refractivity contribution in [2.45, 2.75) is 64.0 Å². The van der Waals surface area contributed by atoms with Crippen LogP contribution in [0, 0.1) is 5.41 Å². The average Bonchev–Trinajstić information content (AvgIpc) is 3.17. The molecule has 1 aromatic rings. The van der Waals surface area contributed by atoms with Gasteiger partial charge in [-0.2, -0.15) is 0 Å². The molecule has 0 spiro atoms. The van der Waals surface area contributed by atoms with E-state index in [4.69, 9.17) is 9.47 Å². The molecule has 0 atom stereocenters. The molecule has 0 bridgehead atoms. The smallest absolute Gasteiger partial charge is 0.213 e. The number of rotatable bonds is 9. The number of nitrogens with zero attached hydrogens (tertiary/aromatic N) is 2. The number of aliphatic imine (C=N–C) groups is 1. The van der Waals surface area contributed by atoms with Crippen LogP contribution in [0.25, 0.3) is 0 Å². The average molecular weight is 375 g/mol. The summed E-state index contributed by atoms with van der Waals surface area (Å²) in [5.74, 6) is 1.57. The molecular weight excluding hydrogens is 340 g/mol. The Morgan fingerprint density at radius 3 is 2.63 bits per heavy atom. The van der Waals surface area contributed by atoms with Crippen molar-refractivity contribution in [2.75, 3.05) is 27.3 Å². The molecular formula is C21H34N4O2. The molecule has 1 heterocycles. The van der Waals surface area contributed by atoms with Crippen molar-refractivity contribution in [3.63, 3.8) is 0 Å². The van der Waals surface area contributed by atoms with Crippen LogP contribution >= 0.6 is 0 Å². The van der Waals surface area contributed by atoms with E-state index in [0.717, 1.165) is 49.8 Å². The highest BCUT2D eigenvalue weighted by Crippen LogP contribution is 2.43. The summed E-state index contributed by atoms with van der Waals surface area (Å²) in [5, 5.41) is 6.87. The number of methoxy groups -OCH3 is 1. The van der Waals surface area contributed by atoms with E-state index in [1.54, 1.807) is 7.11 Å². The lowest BCUT2D eigenvalue weighted by molar-refractivity contribution is 0.0732. The van der Waals surface area contributed by atoms with Gasteiger partial charge < -0.3 is 20.1 Å². The summed E-state index contributed by atoms with van der Waals surface area (Å²) in [6, 6.07) is 4.04. The van der Waals surface area contributed by atoms with Gasteiger partial charge in [0.15, 0.2) is 5.96 Å². The molecule has 0 radical (unpaired) electrons. The second-order valence-corrected chi connectivity index (χ2v) is 7.90. The van der Waals surface area contributed by atoms with Gasteiger partial charge in [-0.1, -0.05) is 12.5 Å². The van der Waals surface area contributed by atoms with Gasteiger partial charge in [-0.05, 0) is 55.9 Å². The first kappa shape index (κ1) is 19.9. The van der Waals surface area contributed by atoms with Crippen LogP contribution in [0.2, 0.25) is 0 Å². The van der Waals surface area contributed by atoms with Gasteiger partial charge in [-0.25, -0.2) is 4.98 Å². The van der Waals surface area contributed by atoms with Crippen LogP contribution in [-0.4, -0.2) is 44.4 Å². The number of nitrogens with one attached hydrogen (secondary N) is 2. The van der Waals surface area contributed by atoms with Crippen molar-refractivity contribution < 1.29 is 9.47 Å². The highest BCUT2D eigenvalue weighted by atomic mass is 16.5. The number of guanidine groups is 1. The second kappa shape index (κ2) is 9.93.